The van der Waals surface area contributed by atoms with Crippen molar-refractivity contribution in [3.63, 3.8) is 0 Å². The molecule has 0 aliphatic carbocycles. The van der Waals surface area contributed by atoms with E-state index in [1.165, 1.54) is 18.2 Å². The highest BCUT2D eigenvalue weighted by molar-refractivity contribution is 5.81. The molecule has 1 aliphatic rings. The largest absolute Gasteiger partial charge is 0.493 e. The van der Waals surface area contributed by atoms with Crippen molar-refractivity contribution in [2.75, 3.05) is 13.2 Å². The van der Waals surface area contributed by atoms with Crippen LogP contribution in [0.3, 0.4) is 0 Å². The zero-order valence-electron chi connectivity index (χ0n) is 16.7. The summed E-state index contributed by atoms with van der Waals surface area (Å²) in [4.78, 5) is 36.8. The Labute approximate surface area is 168 Å². The van der Waals surface area contributed by atoms with Crippen LogP contribution in [0.1, 0.15) is 33.6 Å². The van der Waals surface area contributed by atoms with E-state index in [2.05, 4.69) is 0 Å². The Hall–Kier alpha value is -2.84. The normalized spacial score (nSPS) is 19.7. The van der Waals surface area contributed by atoms with Crippen LogP contribution in [-0.4, -0.2) is 53.5 Å². The maximum absolute atomic E-state index is 13.2. The average Bonchev–Trinajstić information content (AvgIpc) is 3.10. The fourth-order valence-corrected chi connectivity index (χ4v) is 2.93. The molecule has 29 heavy (non-hydrogen) atoms. The Bertz CT molecular complexity index is 739. The molecule has 1 aromatic rings. The highest BCUT2D eigenvalue weighted by Gasteiger charge is 2.42. The Balaban J connectivity index is 2.00. The van der Waals surface area contributed by atoms with E-state index in [1.54, 1.807) is 26.8 Å². The lowest BCUT2D eigenvalue weighted by Crippen LogP contribution is -2.43. The minimum atomic E-state index is -1.16. The Morgan fingerprint density at radius 1 is 1.28 bits per heavy atom. The first-order valence-electron chi connectivity index (χ1n) is 9.49. The van der Waals surface area contributed by atoms with E-state index >= 15 is 0 Å². The molecule has 1 aliphatic heterocycles. The smallest absolute Gasteiger partial charge is 0.413 e. The molecule has 160 valence electrons. The van der Waals surface area contributed by atoms with Gasteiger partial charge in [0.25, 0.3) is 6.29 Å². The molecule has 3 atom stereocenters. The summed E-state index contributed by atoms with van der Waals surface area (Å²) in [5.74, 6) is -2.38. The molecule has 0 saturated carbocycles. The van der Waals surface area contributed by atoms with Gasteiger partial charge in [-0.05, 0) is 18.6 Å². The Morgan fingerprint density at radius 3 is 2.59 bits per heavy atom. The number of benzene rings is 1. The monoisotopic (exact) mass is 411 g/mol. The van der Waals surface area contributed by atoms with Gasteiger partial charge in [0.15, 0.2) is 0 Å². The predicted octanol–water partition coefficient (Wildman–Crippen LogP) is 3.05. The number of carboxylic acids is 1. The summed E-state index contributed by atoms with van der Waals surface area (Å²) in [7, 11) is 0. The van der Waals surface area contributed by atoms with E-state index in [1.807, 2.05) is 0 Å². The van der Waals surface area contributed by atoms with E-state index in [9.17, 15) is 23.9 Å². The highest BCUT2D eigenvalue weighted by atomic mass is 19.1. The molecule has 0 bridgehead atoms. The molecular weight excluding hydrogens is 385 g/mol. The molecule has 1 heterocycles. The molecule has 2 rings (SSSR count). The van der Waals surface area contributed by atoms with Crippen LogP contribution in [0.15, 0.2) is 24.3 Å². The standard InChI is InChI=1S/C20H26FNO7/c1-4-17(23)28-19(12(2)3)29-20(26)22-10-13(8-16(22)18(24)25)11-27-15-7-5-6-14(21)9-15/h5-7,9,12-13,16,19H,4,8,10-11H2,1-3H3,(H,24,25)/t13-,16-,19-/m0/s1. The molecule has 1 amide bonds. The molecule has 1 N–H and O–H groups in total. The lowest BCUT2D eigenvalue weighted by molar-refractivity contribution is -0.177. The van der Waals surface area contributed by atoms with Crippen molar-refractivity contribution >= 4 is 18.0 Å². The minimum absolute atomic E-state index is 0.0949. The fourth-order valence-electron chi connectivity index (χ4n) is 2.93. The van der Waals surface area contributed by atoms with Crippen molar-refractivity contribution in [3.05, 3.63) is 30.1 Å². The third-order valence-electron chi connectivity index (χ3n) is 4.49. The number of likely N-dealkylation sites (tertiary alicyclic amines) is 1. The van der Waals surface area contributed by atoms with Crippen molar-refractivity contribution in [2.24, 2.45) is 11.8 Å². The van der Waals surface area contributed by atoms with Crippen LogP contribution in [0, 0.1) is 17.7 Å². The van der Waals surface area contributed by atoms with Gasteiger partial charge in [0.1, 0.15) is 17.6 Å². The fraction of sp³-hybridized carbons (Fsp3) is 0.550. The van der Waals surface area contributed by atoms with E-state index in [0.29, 0.717) is 5.75 Å². The van der Waals surface area contributed by atoms with Crippen molar-refractivity contribution in [1.29, 1.82) is 0 Å². The lowest BCUT2D eigenvalue weighted by atomic mass is 10.1. The number of amides is 1. The van der Waals surface area contributed by atoms with E-state index in [-0.39, 0.29) is 37.8 Å². The maximum atomic E-state index is 13.2. The number of nitrogens with zero attached hydrogens (tertiary/aromatic N) is 1. The Morgan fingerprint density at radius 2 is 2.00 bits per heavy atom. The number of rotatable bonds is 8. The van der Waals surface area contributed by atoms with Gasteiger partial charge < -0.3 is 19.3 Å². The number of carbonyl (C=O) groups is 3. The van der Waals surface area contributed by atoms with Gasteiger partial charge in [0, 0.05) is 30.9 Å². The molecule has 1 fully saturated rings. The average molecular weight is 411 g/mol. The molecule has 9 heteroatoms. The number of halogens is 1. The number of hydrogen-bond donors (Lipinski definition) is 1. The SMILES string of the molecule is CCC(=O)O[C@@H](OC(=O)N1C[C@@H](COc2cccc(F)c2)C[C@H]1C(=O)O)C(C)C. The Kier molecular flexibility index (Phi) is 7.81. The first kappa shape index (κ1) is 22.4. The molecule has 1 aromatic carbocycles. The van der Waals surface area contributed by atoms with Crippen molar-refractivity contribution in [2.45, 2.75) is 45.9 Å². The van der Waals surface area contributed by atoms with Crippen LogP contribution in [-0.2, 0) is 19.1 Å². The zero-order valence-corrected chi connectivity index (χ0v) is 16.7. The molecule has 0 radical (unpaired) electrons. The zero-order chi connectivity index (χ0) is 21.6. The summed E-state index contributed by atoms with van der Waals surface area (Å²) in [6, 6.07) is 4.53. The quantitative estimate of drug-likeness (QED) is 0.518. The van der Waals surface area contributed by atoms with E-state index in [0.717, 1.165) is 4.90 Å². The van der Waals surface area contributed by atoms with Gasteiger partial charge in [0.2, 0.25) is 0 Å². The van der Waals surface area contributed by atoms with E-state index < -0.39 is 36.2 Å². The summed E-state index contributed by atoms with van der Waals surface area (Å²) >= 11 is 0. The van der Waals surface area contributed by atoms with Gasteiger partial charge in [-0.25, -0.2) is 14.0 Å². The van der Waals surface area contributed by atoms with Gasteiger partial charge >= 0.3 is 18.0 Å². The summed E-state index contributed by atoms with van der Waals surface area (Å²) < 4.78 is 29.2. The molecule has 8 nitrogen and oxygen atoms in total. The number of hydrogen-bond acceptors (Lipinski definition) is 6. The van der Waals surface area contributed by atoms with Gasteiger partial charge in [-0.2, -0.15) is 0 Å². The van der Waals surface area contributed by atoms with Crippen LogP contribution >= 0.6 is 0 Å². The highest BCUT2D eigenvalue weighted by Crippen LogP contribution is 2.26. The van der Waals surface area contributed by atoms with Crippen molar-refractivity contribution in [1.82, 2.24) is 4.90 Å². The molecule has 1 saturated heterocycles. The third kappa shape index (κ3) is 6.33. The first-order valence-corrected chi connectivity index (χ1v) is 9.49. The number of aliphatic carboxylic acids is 1. The van der Waals surface area contributed by atoms with Gasteiger partial charge in [-0.1, -0.05) is 26.8 Å². The first-order chi connectivity index (χ1) is 13.7. The van der Waals surface area contributed by atoms with Crippen LogP contribution in [0.4, 0.5) is 9.18 Å². The summed E-state index contributed by atoms with van der Waals surface area (Å²) in [6.07, 6.45) is -1.68. The topological polar surface area (TPSA) is 102 Å². The minimum Gasteiger partial charge on any atom is -0.493 e. The maximum Gasteiger partial charge on any atom is 0.413 e. The van der Waals surface area contributed by atoms with Crippen LogP contribution in [0.2, 0.25) is 0 Å². The van der Waals surface area contributed by atoms with Crippen LogP contribution in [0.5, 0.6) is 5.75 Å². The lowest BCUT2D eigenvalue weighted by Gasteiger charge is -2.26. The second kappa shape index (κ2) is 10.1. The second-order valence-corrected chi connectivity index (χ2v) is 7.22. The molecular formula is C20H26FNO7. The summed E-state index contributed by atoms with van der Waals surface area (Å²) in [5.41, 5.74) is 0. The van der Waals surface area contributed by atoms with Gasteiger partial charge in [-0.15, -0.1) is 0 Å². The molecule has 0 aromatic heterocycles. The summed E-state index contributed by atoms with van der Waals surface area (Å²) in [5, 5.41) is 9.47. The predicted molar refractivity (Wildman–Crippen MR) is 99.6 cm³/mol. The summed E-state index contributed by atoms with van der Waals surface area (Å²) in [6.45, 7) is 5.27. The second-order valence-electron chi connectivity index (χ2n) is 7.22. The number of esters is 1. The van der Waals surface area contributed by atoms with Gasteiger partial charge in [-0.3, -0.25) is 9.69 Å². The van der Waals surface area contributed by atoms with Crippen molar-refractivity contribution in [3.8, 4) is 5.75 Å². The molecule has 0 unspecified atom stereocenters. The third-order valence-corrected chi connectivity index (χ3v) is 4.49. The number of ether oxygens (including phenoxy) is 3. The molecule has 0 spiro atoms. The van der Waals surface area contributed by atoms with Gasteiger partial charge in [0.05, 0.1) is 6.61 Å². The van der Waals surface area contributed by atoms with Crippen LogP contribution in [0.25, 0.3) is 0 Å². The van der Waals surface area contributed by atoms with Crippen LogP contribution < -0.4 is 4.74 Å². The number of carbonyl (C=O) groups excluding carboxylic acids is 2. The number of carboxylic acid groups (broad SMARTS) is 1. The van der Waals surface area contributed by atoms with Crippen molar-refractivity contribution < 1.29 is 38.1 Å². The van der Waals surface area contributed by atoms with E-state index in [4.69, 9.17) is 14.2 Å².